The summed E-state index contributed by atoms with van der Waals surface area (Å²) in [4.78, 5) is 0. The molecule has 2 aliphatic carbocycles. The van der Waals surface area contributed by atoms with Crippen molar-refractivity contribution < 1.29 is 25.9 Å². The van der Waals surface area contributed by atoms with Crippen LogP contribution >= 0.6 is 0 Å². The van der Waals surface area contributed by atoms with Crippen molar-refractivity contribution >= 4 is 43.1 Å². The van der Waals surface area contributed by atoms with Gasteiger partial charge in [-0.15, -0.1) is 0 Å². The van der Waals surface area contributed by atoms with E-state index in [4.69, 9.17) is 22.5 Å². The van der Waals surface area contributed by atoms with Crippen LogP contribution in [0.1, 0.15) is 57.3 Å². The van der Waals surface area contributed by atoms with Crippen molar-refractivity contribution in [1.29, 1.82) is 10.8 Å². The fraction of sp³-hybridized carbons (Fsp3) is 0.176. The van der Waals surface area contributed by atoms with E-state index in [1.54, 1.807) is 98.8 Å². The van der Waals surface area contributed by atoms with Gasteiger partial charge in [0.2, 0.25) is 0 Å². The van der Waals surface area contributed by atoms with Gasteiger partial charge in [0.15, 0.2) is 9.49 Å². The van der Waals surface area contributed by atoms with Gasteiger partial charge in [-0.25, -0.2) is 0 Å². The van der Waals surface area contributed by atoms with Gasteiger partial charge < -0.3 is 11.7 Å². The van der Waals surface area contributed by atoms with Crippen LogP contribution < -0.4 is 11.7 Å². The molecular weight excluding hydrogens is 653 g/mol. The average molecular weight is 685 g/mol. The second kappa shape index (κ2) is 11.3. The predicted molar refractivity (Wildman–Crippen MR) is 185 cm³/mol. The molecular formula is C34H32N6O6S2. The Bertz CT molecular complexity index is 2190. The maximum atomic E-state index is 13.3. The molecule has 14 heteroatoms. The Hall–Kier alpha value is -5.02. The van der Waals surface area contributed by atoms with E-state index in [0.29, 0.717) is 22.3 Å². The molecule has 8 N–H and O–H groups in total. The highest BCUT2D eigenvalue weighted by Gasteiger charge is 2.53. The monoisotopic (exact) mass is 684 g/mol. The van der Waals surface area contributed by atoms with E-state index in [2.05, 4.69) is 10.2 Å². The highest BCUT2D eigenvalue weighted by Crippen LogP contribution is 2.48. The van der Waals surface area contributed by atoms with Crippen molar-refractivity contribution in [2.24, 2.45) is 21.9 Å². The minimum atomic E-state index is -4.84. The summed E-state index contributed by atoms with van der Waals surface area (Å²) in [6.07, 6.45) is -0.703. The van der Waals surface area contributed by atoms with E-state index in [0.717, 1.165) is 0 Å². The molecule has 0 saturated heterocycles. The maximum Gasteiger partial charge on any atom is 0.279 e. The molecule has 2 unspecified atom stereocenters. The molecule has 2 aliphatic rings. The van der Waals surface area contributed by atoms with Gasteiger partial charge in [-0.05, 0) is 58.4 Å². The van der Waals surface area contributed by atoms with Gasteiger partial charge in [-0.3, -0.25) is 19.9 Å². The summed E-state index contributed by atoms with van der Waals surface area (Å²) in [5.41, 5.74) is 4.23. The first-order valence-electron chi connectivity index (χ1n) is 14.7. The highest BCUT2D eigenvalue weighted by molar-refractivity contribution is 7.87. The second-order valence-electron chi connectivity index (χ2n) is 12.0. The fourth-order valence-electron chi connectivity index (χ4n) is 7.18. The van der Waals surface area contributed by atoms with Crippen molar-refractivity contribution in [2.45, 2.75) is 36.2 Å². The lowest BCUT2D eigenvalue weighted by Crippen LogP contribution is -2.45. The number of hydrazone groups is 2. The molecule has 6 rings (SSSR count). The first-order valence-corrected chi connectivity index (χ1v) is 17.6. The number of benzene rings is 4. The quantitative estimate of drug-likeness (QED) is 0.0999. The topological polar surface area (TPSA) is 233 Å². The largest absolute Gasteiger partial charge is 0.323 e. The molecule has 0 aromatic heterocycles. The summed E-state index contributed by atoms with van der Waals surface area (Å²) in [6.45, 7) is 3.57. The van der Waals surface area contributed by atoms with E-state index in [1.807, 2.05) is 0 Å². The highest BCUT2D eigenvalue weighted by atomic mass is 32.2. The molecule has 0 spiro atoms. The molecule has 4 aromatic rings. The summed E-state index contributed by atoms with van der Waals surface area (Å²) < 4.78 is 70.8. The molecule has 0 saturated carbocycles. The van der Waals surface area contributed by atoms with Gasteiger partial charge in [0.25, 0.3) is 20.2 Å². The zero-order valence-corrected chi connectivity index (χ0v) is 27.5. The van der Waals surface area contributed by atoms with Crippen LogP contribution in [-0.4, -0.2) is 48.8 Å². The number of nitrogens with two attached hydrogens (primary N) is 2. The summed E-state index contributed by atoms with van der Waals surface area (Å²) in [5, 5.41) is 24.4. The molecule has 246 valence electrons. The van der Waals surface area contributed by atoms with Gasteiger partial charge in [0.1, 0.15) is 0 Å². The van der Waals surface area contributed by atoms with E-state index in [-0.39, 0.29) is 69.1 Å². The lowest BCUT2D eigenvalue weighted by Gasteiger charge is -2.38. The summed E-state index contributed by atoms with van der Waals surface area (Å²) >= 11 is 0. The molecule has 0 amide bonds. The third-order valence-electron chi connectivity index (χ3n) is 9.54. The summed E-state index contributed by atoms with van der Waals surface area (Å²) in [5.74, 6) is 11.2. The zero-order valence-electron chi connectivity index (χ0n) is 25.9. The van der Waals surface area contributed by atoms with E-state index in [1.165, 1.54) is 0 Å². The van der Waals surface area contributed by atoms with Gasteiger partial charge in [0, 0.05) is 24.0 Å². The van der Waals surface area contributed by atoms with Crippen molar-refractivity contribution in [3.8, 4) is 11.1 Å². The van der Waals surface area contributed by atoms with Gasteiger partial charge in [-0.2, -0.15) is 27.0 Å². The van der Waals surface area contributed by atoms with Crippen LogP contribution in [0.15, 0.2) is 95.1 Å². The van der Waals surface area contributed by atoms with Crippen LogP contribution in [0.5, 0.6) is 0 Å². The molecule has 4 aromatic carbocycles. The Balaban J connectivity index is 1.51. The molecule has 2 atom stereocenters. The van der Waals surface area contributed by atoms with Crippen molar-refractivity contribution in [2.75, 3.05) is 0 Å². The Morgan fingerprint density at radius 2 is 0.958 bits per heavy atom. The molecule has 0 bridgehead atoms. The van der Waals surface area contributed by atoms with Crippen molar-refractivity contribution in [3.05, 3.63) is 129 Å². The lowest BCUT2D eigenvalue weighted by atomic mass is 9.75. The van der Waals surface area contributed by atoms with E-state index >= 15 is 0 Å². The Morgan fingerprint density at radius 1 is 0.604 bits per heavy atom. The molecule has 0 aliphatic heterocycles. The molecule has 0 heterocycles. The minimum absolute atomic E-state index is 0.0227. The zero-order chi connectivity index (χ0) is 34.8. The van der Waals surface area contributed by atoms with Crippen LogP contribution in [0.25, 0.3) is 11.1 Å². The SMILES string of the molecule is Cc1cc(C2(S(=O)(=O)O)CC(=NN)C(=N)c3ccccc32)ccc1-c1ccc(C2(S(=O)(=O)O)CC(=NN)C(=N)c3ccccc32)cc1C. The number of hydrogen-bond donors (Lipinski definition) is 6. The lowest BCUT2D eigenvalue weighted by molar-refractivity contribution is 0.445. The number of fused-ring (bicyclic) bond motifs is 2. The first kappa shape index (κ1) is 32.9. The van der Waals surface area contributed by atoms with Crippen molar-refractivity contribution in [3.63, 3.8) is 0 Å². The van der Waals surface area contributed by atoms with Gasteiger partial charge in [-0.1, -0.05) is 84.9 Å². The number of hydrogen-bond acceptors (Lipinski definition) is 10. The van der Waals surface area contributed by atoms with Gasteiger partial charge >= 0.3 is 0 Å². The van der Waals surface area contributed by atoms with Crippen LogP contribution in [0.4, 0.5) is 0 Å². The Morgan fingerprint density at radius 3 is 1.27 bits per heavy atom. The van der Waals surface area contributed by atoms with Crippen molar-refractivity contribution in [1.82, 2.24) is 0 Å². The molecule has 12 nitrogen and oxygen atoms in total. The van der Waals surface area contributed by atoms with Crippen LogP contribution in [0.2, 0.25) is 0 Å². The smallest absolute Gasteiger partial charge is 0.279 e. The third-order valence-corrected chi connectivity index (χ3v) is 12.5. The average Bonchev–Trinajstić information content (AvgIpc) is 3.04. The van der Waals surface area contributed by atoms with Gasteiger partial charge in [0.05, 0.1) is 22.8 Å². The van der Waals surface area contributed by atoms with E-state index in [9.17, 15) is 25.9 Å². The van der Waals surface area contributed by atoms with Crippen LogP contribution in [0.3, 0.4) is 0 Å². The van der Waals surface area contributed by atoms with Crippen LogP contribution in [0, 0.1) is 24.7 Å². The Kier molecular flexibility index (Phi) is 7.75. The number of rotatable bonds is 5. The minimum Gasteiger partial charge on any atom is -0.323 e. The second-order valence-corrected chi connectivity index (χ2v) is 15.3. The van der Waals surface area contributed by atoms with Crippen LogP contribution in [-0.2, 0) is 29.7 Å². The maximum absolute atomic E-state index is 13.3. The number of nitrogens with zero attached hydrogens (tertiary/aromatic N) is 2. The number of nitrogens with one attached hydrogen (secondary N) is 2. The normalized spacial score (nSPS) is 22.8. The predicted octanol–water partition coefficient (Wildman–Crippen LogP) is 4.41. The molecule has 0 fully saturated rings. The fourth-order valence-corrected chi connectivity index (χ4v) is 9.58. The standard InChI is InChI=1S/C34H32N6O6S2/c1-19-15-21(33(47(41,42)43)17-29(39-37)31(35)25-7-3-5-9-27(25)33)11-13-23(19)24-14-12-22(16-20(24)2)34(48(44,45)46)18-30(40-38)32(36)26-8-4-6-10-28(26)34/h3-16,35-36H,17-18,37-38H2,1-2H3,(H,41,42,43)(H,44,45,46). The molecule has 48 heavy (non-hydrogen) atoms. The summed E-state index contributed by atoms with van der Waals surface area (Å²) in [7, 11) is -9.69. The number of aryl methyl sites for hydroxylation is 2. The van der Waals surface area contributed by atoms with E-state index < -0.39 is 29.7 Å². The molecule has 0 radical (unpaired) electrons. The third kappa shape index (κ3) is 4.63. The summed E-state index contributed by atoms with van der Waals surface area (Å²) in [6, 6.07) is 22.8. The Labute approximate surface area is 277 Å². The first-order chi connectivity index (χ1) is 22.6.